The number of hydrogen-bond donors (Lipinski definition) is 3. The molecule has 1 amide bonds. The number of aliphatic imine (C=N–C) groups is 1. The second kappa shape index (κ2) is 13.7. The summed E-state index contributed by atoms with van der Waals surface area (Å²) in [7, 11) is -3.78. The lowest BCUT2D eigenvalue weighted by molar-refractivity contribution is -0.130. The van der Waals surface area contributed by atoms with E-state index in [1.165, 1.54) is 12.1 Å². The molecule has 228 valence electrons. The molecular formula is C31H33Cl2N3O6S. The quantitative estimate of drug-likeness (QED) is 0.168. The van der Waals surface area contributed by atoms with Gasteiger partial charge in [0.15, 0.2) is 21.5 Å². The van der Waals surface area contributed by atoms with Gasteiger partial charge in [0.25, 0.3) is 5.91 Å². The Morgan fingerprint density at radius 3 is 2.49 bits per heavy atom. The molecule has 0 spiro atoms. The third-order valence-electron chi connectivity index (χ3n) is 7.42. The molecule has 1 aliphatic carbocycles. The summed E-state index contributed by atoms with van der Waals surface area (Å²) in [6.45, 7) is 0.972. The first-order chi connectivity index (χ1) is 20.7. The van der Waals surface area contributed by atoms with Gasteiger partial charge in [0.05, 0.1) is 17.3 Å². The molecule has 1 aliphatic heterocycles. The van der Waals surface area contributed by atoms with E-state index in [2.05, 4.69) is 10.9 Å². The molecular weight excluding hydrogens is 613 g/mol. The topological polar surface area (TPSA) is 126 Å². The summed E-state index contributed by atoms with van der Waals surface area (Å²) in [4.78, 5) is 19.1. The Labute approximate surface area is 261 Å². The lowest BCUT2D eigenvalue weighted by Crippen LogP contribution is -2.53. The lowest BCUT2D eigenvalue weighted by atomic mass is 9.85. The van der Waals surface area contributed by atoms with Gasteiger partial charge in [-0.25, -0.2) is 18.8 Å². The van der Waals surface area contributed by atoms with Crippen LogP contribution in [0, 0.1) is 5.92 Å². The summed E-state index contributed by atoms with van der Waals surface area (Å²) in [6, 6.07) is 19.9. The van der Waals surface area contributed by atoms with Crippen LogP contribution in [0.15, 0.2) is 82.7 Å². The summed E-state index contributed by atoms with van der Waals surface area (Å²) in [5, 5.41) is 9.68. The molecule has 2 atom stereocenters. The van der Waals surface area contributed by atoms with Crippen LogP contribution in [0.5, 0.6) is 5.75 Å². The molecule has 3 aromatic rings. The summed E-state index contributed by atoms with van der Waals surface area (Å²) in [5.41, 5.74) is 5.09. The van der Waals surface area contributed by atoms with Crippen LogP contribution in [0.2, 0.25) is 10.0 Å². The van der Waals surface area contributed by atoms with Gasteiger partial charge < -0.3 is 14.6 Å². The Hall–Kier alpha value is -3.15. The number of rotatable bonds is 14. The number of hydrazine groups is 1. The normalized spacial score (nSPS) is 19.9. The maximum absolute atomic E-state index is 14.1. The van der Waals surface area contributed by atoms with Crippen molar-refractivity contribution in [2.24, 2.45) is 10.9 Å². The standard InChI is InChI=1S/C31H33Cl2N3O6S/c32-23-11-14-26(27(33)19-23)28-31(30(38)36-34-20-21-7-8-21,15-18-43(39,40)25-5-2-1-3-6-25)35-29(42-28)22-9-12-24(13-10-22)41-17-4-16-37/h1-3,5-6,9-14,19,21,28,34,37H,4,7-8,15-18,20H2,(H,36,38)/t28-,31-/m0/s1. The highest BCUT2D eigenvalue weighted by atomic mass is 35.5. The molecule has 0 aromatic heterocycles. The van der Waals surface area contributed by atoms with E-state index in [1.54, 1.807) is 60.7 Å². The van der Waals surface area contributed by atoms with Crippen molar-refractivity contribution in [3.8, 4) is 5.75 Å². The number of aliphatic hydroxyl groups excluding tert-OH is 1. The summed E-state index contributed by atoms with van der Waals surface area (Å²) in [5.74, 6) is 0.328. The van der Waals surface area contributed by atoms with Crippen molar-refractivity contribution in [2.45, 2.75) is 42.2 Å². The van der Waals surface area contributed by atoms with Gasteiger partial charge in [-0.2, -0.15) is 0 Å². The van der Waals surface area contributed by atoms with Crippen LogP contribution < -0.4 is 15.6 Å². The van der Waals surface area contributed by atoms with E-state index in [0.29, 0.717) is 47.4 Å². The number of nitrogens with zero attached hydrogens (tertiary/aromatic N) is 1. The first-order valence-electron chi connectivity index (χ1n) is 14.1. The molecule has 12 heteroatoms. The van der Waals surface area contributed by atoms with Crippen molar-refractivity contribution >= 4 is 44.8 Å². The maximum Gasteiger partial charge on any atom is 0.266 e. The number of aliphatic hydroxyl groups is 1. The average Bonchev–Trinajstić information content (AvgIpc) is 3.75. The number of ether oxygens (including phenoxy) is 2. The molecule has 3 N–H and O–H groups in total. The van der Waals surface area contributed by atoms with Crippen molar-refractivity contribution in [3.63, 3.8) is 0 Å². The highest BCUT2D eigenvalue weighted by Crippen LogP contribution is 2.45. The fraction of sp³-hybridized carbons (Fsp3) is 0.355. The third-order valence-corrected chi connectivity index (χ3v) is 9.71. The number of halogens is 2. The average molecular weight is 647 g/mol. The van der Waals surface area contributed by atoms with Crippen LogP contribution >= 0.6 is 23.2 Å². The van der Waals surface area contributed by atoms with Gasteiger partial charge in [0.1, 0.15) is 5.75 Å². The van der Waals surface area contributed by atoms with E-state index >= 15 is 0 Å². The minimum Gasteiger partial charge on any atom is -0.494 e. The Morgan fingerprint density at radius 2 is 1.81 bits per heavy atom. The van der Waals surface area contributed by atoms with Gasteiger partial charge in [-0.05, 0) is 67.3 Å². The molecule has 1 heterocycles. The van der Waals surface area contributed by atoms with Crippen LogP contribution in [0.3, 0.4) is 0 Å². The highest BCUT2D eigenvalue weighted by Gasteiger charge is 2.54. The molecule has 1 saturated carbocycles. The second-order valence-electron chi connectivity index (χ2n) is 10.6. The van der Waals surface area contributed by atoms with Crippen LogP contribution in [0.1, 0.15) is 42.9 Å². The number of benzene rings is 3. The van der Waals surface area contributed by atoms with Gasteiger partial charge in [0, 0.05) is 47.2 Å². The van der Waals surface area contributed by atoms with E-state index in [4.69, 9.17) is 42.8 Å². The highest BCUT2D eigenvalue weighted by molar-refractivity contribution is 7.91. The molecule has 0 saturated heterocycles. The van der Waals surface area contributed by atoms with E-state index in [9.17, 15) is 13.2 Å². The van der Waals surface area contributed by atoms with Crippen molar-refractivity contribution in [1.82, 2.24) is 10.9 Å². The van der Waals surface area contributed by atoms with E-state index in [-0.39, 0.29) is 34.6 Å². The largest absolute Gasteiger partial charge is 0.494 e. The number of nitrogens with one attached hydrogen (secondary N) is 2. The monoisotopic (exact) mass is 645 g/mol. The van der Waals surface area contributed by atoms with Crippen molar-refractivity contribution in [1.29, 1.82) is 0 Å². The fourth-order valence-electron chi connectivity index (χ4n) is 4.80. The Morgan fingerprint density at radius 1 is 1.07 bits per heavy atom. The first-order valence-corrected chi connectivity index (χ1v) is 16.5. The van der Waals surface area contributed by atoms with Gasteiger partial charge in [-0.15, -0.1) is 0 Å². The SMILES string of the molecule is O=C(NNCC1CC1)[C@@]1(CCS(=O)(=O)c2ccccc2)N=C(c2ccc(OCCCO)cc2)O[C@H]1c1ccc(Cl)cc1Cl. The number of amides is 1. The number of carbonyl (C=O) groups is 1. The predicted octanol–water partition coefficient (Wildman–Crippen LogP) is 4.91. The third kappa shape index (κ3) is 7.50. The maximum atomic E-state index is 14.1. The molecule has 43 heavy (non-hydrogen) atoms. The predicted molar refractivity (Wildman–Crippen MR) is 165 cm³/mol. The van der Waals surface area contributed by atoms with Crippen LogP contribution in [-0.4, -0.2) is 56.4 Å². The molecule has 1 fully saturated rings. The summed E-state index contributed by atoms with van der Waals surface area (Å²) < 4.78 is 38.9. The van der Waals surface area contributed by atoms with Crippen molar-refractivity contribution < 1.29 is 27.8 Å². The van der Waals surface area contributed by atoms with Gasteiger partial charge >= 0.3 is 0 Å². The molecule has 3 aromatic carbocycles. The first kappa shape index (κ1) is 31.3. The smallest absolute Gasteiger partial charge is 0.266 e. The Kier molecular flexibility index (Phi) is 9.93. The number of carbonyl (C=O) groups excluding carboxylic acids is 1. The zero-order valence-corrected chi connectivity index (χ0v) is 25.7. The lowest BCUT2D eigenvalue weighted by Gasteiger charge is -2.31. The van der Waals surface area contributed by atoms with Crippen LogP contribution in [-0.2, 0) is 19.4 Å². The van der Waals surface area contributed by atoms with E-state index in [1.807, 2.05) is 0 Å². The van der Waals surface area contributed by atoms with E-state index in [0.717, 1.165) is 12.8 Å². The summed E-state index contributed by atoms with van der Waals surface area (Å²) in [6.07, 6.45) is 1.42. The van der Waals surface area contributed by atoms with Gasteiger partial charge in [0.2, 0.25) is 5.90 Å². The molecule has 0 unspecified atom stereocenters. The van der Waals surface area contributed by atoms with Crippen LogP contribution in [0.4, 0.5) is 0 Å². The zero-order valence-electron chi connectivity index (χ0n) is 23.3. The Balaban J connectivity index is 1.53. The van der Waals surface area contributed by atoms with Gasteiger partial charge in [-0.3, -0.25) is 10.2 Å². The van der Waals surface area contributed by atoms with Gasteiger partial charge in [-0.1, -0.05) is 47.5 Å². The molecule has 0 radical (unpaired) electrons. The molecule has 5 rings (SSSR count). The minimum absolute atomic E-state index is 0.0248. The molecule has 2 aliphatic rings. The fourth-order valence-corrected chi connectivity index (χ4v) is 6.70. The van der Waals surface area contributed by atoms with Crippen molar-refractivity contribution in [3.05, 3.63) is 94.0 Å². The molecule has 0 bridgehead atoms. The van der Waals surface area contributed by atoms with Crippen LogP contribution in [0.25, 0.3) is 0 Å². The number of hydrogen-bond acceptors (Lipinski definition) is 8. The number of sulfone groups is 1. The second-order valence-corrected chi connectivity index (χ2v) is 13.6. The Bertz CT molecular complexity index is 1570. The minimum atomic E-state index is -3.78. The zero-order chi connectivity index (χ0) is 30.5. The summed E-state index contributed by atoms with van der Waals surface area (Å²) >= 11 is 12.8. The van der Waals surface area contributed by atoms with E-state index < -0.39 is 27.4 Å². The molecule has 9 nitrogen and oxygen atoms in total. The van der Waals surface area contributed by atoms with Crippen molar-refractivity contribution in [2.75, 3.05) is 25.5 Å².